The largest absolute Gasteiger partial charge is 0.508 e. The van der Waals surface area contributed by atoms with E-state index < -0.39 is 6.10 Å². The van der Waals surface area contributed by atoms with Gasteiger partial charge in [-0.25, -0.2) is 0 Å². The first kappa shape index (κ1) is 37.1. The second-order valence-corrected chi connectivity index (χ2v) is 13.1. The number of aromatic nitrogens is 1. The normalized spacial score (nSPS) is 14.7. The molecule has 268 valence electrons. The van der Waals surface area contributed by atoms with Crippen molar-refractivity contribution in [2.75, 3.05) is 39.8 Å². The van der Waals surface area contributed by atoms with E-state index in [1.807, 2.05) is 24.3 Å². The summed E-state index contributed by atoms with van der Waals surface area (Å²) in [6.45, 7) is 3.36. The van der Waals surface area contributed by atoms with E-state index in [1.54, 1.807) is 12.1 Å². The topological polar surface area (TPSA) is 155 Å². The fourth-order valence-electron chi connectivity index (χ4n) is 6.94. The Kier molecular flexibility index (Phi) is 12.9. The number of likely N-dealkylation sites (tertiary alicyclic amines) is 1. The number of aliphatic hydroxyl groups is 1. The summed E-state index contributed by atoms with van der Waals surface area (Å²) in [6.07, 6.45) is 3.69. The van der Waals surface area contributed by atoms with E-state index >= 15 is 0 Å². The Labute approximate surface area is 298 Å². The number of phenols is 2. The Hall–Kier alpha value is -5.16. The highest BCUT2D eigenvalue weighted by Crippen LogP contribution is 2.45. The van der Waals surface area contributed by atoms with Crippen molar-refractivity contribution < 1.29 is 30.0 Å². The number of rotatable bonds is 13. The molecule has 0 bridgehead atoms. The zero-order valence-corrected chi connectivity index (χ0v) is 28.9. The van der Waals surface area contributed by atoms with Gasteiger partial charge in [-0.15, -0.1) is 0 Å². The SMILES string of the molecule is CN1CCC(c2ccccc2)(c2cc(CCCOc3ccc(CCNC[C@H](O)c4ccc(O)c5[nH]c(=O)ccc45)cc3)ccc2O)CC1.O=CO. The maximum absolute atomic E-state index is 11.7. The van der Waals surface area contributed by atoms with Gasteiger partial charge in [0.2, 0.25) is 5.56 Å². The van der Waals surface area contributed by atoms with Crippen molar-refractivity contribution in [2.24, 2.45) is 0 Å². The lowest BCUT2D eigenvalue weighted by atomic mass is 9.67. The molecule has 0 spiro atoms. The van der Waals surface area contributed by atoms with Gasteiger partial charge in [0.25, 0.3) is 6.47 Å². The van der Waals surface area contributed by atoms with Crippen molar-refractivity contribution >= 4 is 17.4 Å². The molecule has 1 saturated heterocycles. The molecule has 6 N–H and O–H groups in total. The number of nitrogens with zero attached hydrogens (tertiary/aromatic N) is 1. The molecule has 5 aromatic rings. The third-order valence-corrected chi connectivity index (χ3v) is 9.74. The number of hydrogen-bond acceptors (Lipinski definition) is 8. The van der Waals surface area contributed by atoms with Crippen molar-refractivity contribution in [3.8, 4) is 17.2 Å². The first-order chi connectivity index (χ1) is 24.7. The van der Waals surface area contributed by atoms with Crippen LogP contribution in [0, 0.1) is 0 Å². The highest BCUT2D eigenvalue weighted by atomic mass is 16.5. The van der Waals surface area contributed by atoms with Crippen LogP contribution >= 0.6 is 0 Å². The van der Waals surface area contributed by atoms with Crippen LogP contribution < -0.4 is 15.6 Å². The van der Waals surface area contributed by atoms with Crippen LogP contribution in [-0.2, 0) is 23.1 Å². The highest BCUT2D eigenvalue weighted by Gasteiger charge is 2.39. The number of aromatic hydroxyl groups is 2. The number of phenolic OH excluding ortho intramolecular Hbond substituents is 2. The number of carbonyl (C=O) groups is 1. The summed E-state index contributed by atoms with van der Waals surface area (Å²) < 4.78 is 6.07. The number of carboxylic acid groups (broad SMARTS) is 1. The number of ether oxygens (including phenoxy) is 1. The smallest absolute Gasteiger partial charge is 0.290 e. The van der Waals surface area contributed by atoms with Gasteiger partial charge in [-0.1, -0.05) is 60.7 Å². The van der Waals surface area contributed by atoms with Crippen molar-refractivity contribution in [1.29, 1.82) is 0 Å². The second kappa shape index (κ2) is 17.7. The molecule has 1 aliphatic rings. The lowest BCUT2D eigenvalue weighted by Crippen LogP contribution is -2.41. The number of fused-ring (bicyclic) bond motifs is 1. The molecule has 4 aromatic carbocycles. The van der Waals surface area contributed by atoms with Gasteiger partial charge in [0, 0.05) is 29.0 Å². The van der Waals surface area contributed by atoms with Crippen LogP contribution in [0.25, 0.3) is 10.9 Å². The van der Waals surface area contributed by atoms with Crippen molar-refractivity contribution in [3.63, 3.8) is 0 Å². The molecule has 1 aliphatic heterocycles. The van der Waals surface area contributed by atoms with Crippen LogP contribution in [0.1, 0.15) is 53.2 Å². The summed E-state index contributed by atoms with van der Waals surface area (Å²) in [5.41, 5.74) is 5.16. The summed E-state index contributed by atoms with van der Waals surface area (Å²) in [5.74, 6) is 1.19. The zero-order chi connectivity index (χ0) is 36.2. The van der Waals surface area contributed by atoms with Crippen LogP contribution in [-0.4, -0.2) is 76.6 Å². The van der Waals surface area contributed by atoms with Gasteiger partial charge < -0.3 is 40.4 Å². The quantitative estimate of drug-likeness (QED) is 0.0690. The molecule has 0 aliphatic carbocycles. The summed E-state index contributed by atoms with van der Waals surface area (Å²) >= 11 is 0. The predicted octanol–water partition coefficient (Wildman–Crippen LogP) is 5.53. The molecule has 0 unspecified atom stereocenters. The van der Waals surface area contributed by atoms with Gasteiger partial charge in [0.15, 0.2) is 0 Å². The average Bonchev–Trinajstić information content (AvgIpc) is 3.14. The molecular weight excluding hydrogens is 646 g/mol. The van der Waals surface area contributed by atoms with E-state index in [2.05, 4.69) is 70.8 Å². The summed E-state index contributed by atoms with van der Waals surface area (Å²) in [7, 11) is 2.17. The van der Waals surface area contributed by atoms with Gasteiger partial charge in [-0.05, 0) is 111 Å². The summed E-state index contributed by atoms with van der Waals surface area (Å²) in [5, 5.41) is 42.7. The predicted molar refractivity (Wildman–Crippen MR) is 199 cm³/mol. The number of nitrogens with one attached hydrogen (secondary N) is 2. The highest BCUT2D eigenvalue weighted by molar-refractivity contribution is 5.87. The molecule has 10 nitrogen and oxygen atoms in total. The van der Waals surface area contributed by atoms with Crippen LogP contribution in [0.15, 0.2) is 102 Å². The van der Waals surface area contributed by atoms with Crippen LogP contribution in [0.3, 0.4) is 0 Å². The third-order valence-electron chi connectivity index (χ3n) is 9.74. The Morgan fingerprint density at radius 3 is 2.31 bits per heavy atom. The summed E-state index contributed by atoms with van der Waals surface area (Å²) in [4.78, 5) is 25.0. The molecule has 0 saturated carbocycles. The number of aliphatic hydroxyl groups excluding tert-OH is 1. The monoisotopic (exact) mass is 693 g/mol. The van der Waals surface area contributed by atoms with Crippen LogP contribution in [0.4, 0.5) is 0 Å². The first-order valence-electron chi connectivity index (χ1n) is 17.3. The first-order valence-corrected chi connectivity index (χ1v) is 17.3. The second-order valence-electron chi connectivity index (χ2n) is 13.1. The molecule has 6 rings (SSSR count). The number of benzene rings is 4. The fourth-order valence-corrected chi connectivity index (χ4v) is 6.94. The van der Waals surface area contributed by atoms with Gasteiger partial charge in [0.05, 0.1) is 18.2 Å². The Balaban J connectivity index is 0.00000162. The molecule has 10 heteroatoms. The van der Waals surface area contributed by atoms with E-state index in [4.69, 9.17) is 14.6 Å². The number of H-pyrrole nitrogens is 1. The van der Waals surface area contributed by atoms with E-state index in [1.165, 1.54) is 23.3 Å². The molecule has 0 amide bonds. The van der Waals surface area contributed by atoms with Gasteiger partial charge in [0.1, 0.15) is 17.2 Å². The number of aromatic amines is 1. The van der Waals surface area contributed by atoms with Crippen LogP contribution in [0.5, 0.6) is 17.2 Å². The Morgan fingerprint density at radius 2 is 1.59 bits per heavy atom. The maximum Gasteiger partial charge on any atom is 0.290 e. The van der Waals surface area contributed by atoms with E-state index in [-0.39, 0.29) is 23.2 Å². The average molecular weight is 694 g/mol. The lowest BCUT2D eigenvalue weighted by molar-refractivity contribution is -0.122. The summed E-state index contributed by atoms with van der Waals surface area (Å²) in [6, 6.07) is 31.0. The minimum absolute atomic E-state index is 0.0228. The Morgan fingerprint density at radius 1 is 0.902 bits per heavy atom. The van der Waals surface area contributed by atoms with Gasteiger partial charge in [-0.2, -0.15) is 0 Å². The van der Waals surface area contributed by atoms with E-state index in [9.17, 15) is 20.1 Å². The number of piperidine rings is 1. The lowest BCUT2D eigenvalue weighted by Gasteiger charge is -2.42. The minimum atomic E-state index is -0.790. The van der Waals surface area contributed by atoms with Gasteiger partial charge >= 0.3 is 0 Å². The fraction of sp³-hybridized carbons (Fsp3) is 0.317. The van der Waals surface area contributed by atoms with Gasteiger partial charge in [-0.3, -0.25) is 9.59 Å². The zero-order valence-electron chi connectivity index (χ0n) is 28.9. The third kappa shape index (κ3) is 9.35. The number of hydrogen-bond donors (Lipinski definition) is 6. The molecule has 1 fully saturated rings. The molecule has 1 aromatic heterocycles. The molecule has 1 atom stereocenters. The molecule has 2 heterocycles. The number of pyridine rings is 1. The molecule has 51 heavy (non-hydrogen) atoms. The van der Waals surface area contributed by atoms with Crippen LogP contribution in [0.2, 0.25) is 0 Å². The number of aryl methyl sites for hydroxylation is 1. The molecule has 0 radical (unpaired) electrons. The molecular formula is C41H47N3O7. The Bertz CT molecular complexity index is 1920. The van der Waals surface area contributed by atoms with E-state index in [0.29, 0.717) is 41.9 Å². The van der Waals surface area contributed by atoms with Crippen molar-refractivity contribution in [1.82, 2.24) is 15.2 Å². The van der Waals surface area contributed by atoms with Crippen molar-refractivity contribution in [2.45, 2.75) is 43.6 Å². The maximum atomic E-state index is 11.7. The van der Waals surface area contributed by atoms with Crippen molar-refractivity contribution in [3.05, 3.63) is 135 Å². The minimum Gasteiger partial charge on any atom is -0.508 e. The van der Waals surface area contributed by atoms with E-state index in [0.717, 1.165) is 62.1 Å². The standard InChI is InChI=1S/C40H45N3O5.CH2O2/c1-43-23-20-40(21-24-43,30-7-3-2-4-8-30)34-26-29(11-16-35(34)44)6-5-25-48-31-12-9-28(10-13-31)19-22-41-27-37(46)32-14-17-36(45)39-33(32)15-18-38(47)42-39;2-1-3/h2-4,7-18,26,37,41,44-46H,5-6,19-25,27H2,1H3,(H,42,47);1H,(H,2,3)/t37-;/m0./s1.